The molecule has 1 heterocycles. The maximum absolute atomic E-state index is 7.68. The van der Waals surface area contributed by atoms with Gasteiger partial charge in [0.1, 0.15) is 5.75 Å². The van der Waals surface area contributed by atoms with Gasteiger partial charge in [0.05, 0.1) is 16.8 Å². The Balaban J connectivity index is 1.16. The minimum absolute atomic E-state index is 0.673. The number of anilines is 6. The zero-order valence-electron chi connectivity index (χ0n) is 33.9. The molecule has 10 aromatic carbocycles. The van der Waals surface area contributed by atoms with Crippen molar-refractivity contribution in [3.63, 3.8) is 0 Å². The quantitative estimate of drug-likeness (QED) is 0.160. The van der Waals surface area contributed by atoms with Gasteiger partial charge in [0.25, 0.3) is 0 Å². The van der Waals surface area contributed by atoms with Gasteiger partial charge in [0.15, 0.2) is 5.75 Å². The van der Waals surface area contributed by atoms with Crippen molar-refractivity contribution in [2.24, 2.45) is 0 Å². The van der Waals surface area contributed by atoms with Crippen molar-refractivity contribution in [2.45, 2.75) is 5.41 Å². The fourth-order valence-corrected chi connectivity index (χ4v) is 10.1. The second-order valence-electron chi connectivity index (χ2n) is 16.0. The number of hydrogen-bond acceptors (Lipinski definition) is 3. The van der Waals surface area contributed by atoms with E-state index >= 15 is 0 Å². The number of benzene rings is 10. The predicted octanol–water partition coefficient (Wildman–Crippen LogP) is 15.9. The van der Waals surface area contributed by atoms with Gasteiger partial charge in [-0.2, -0.15) is 0 Å². The first-order chi connectivity index (χ1) is 30.8. The third kappa shape index (κ3) is 5.45. The molecule has 0 radical (unpaired) electrons. The van der Waals surface area contributed by atoms with E-state index in [1.807, 2.05) is 0 Å². The highest BCUT2D eigenvalue weighted by molar-refractivity contribution is 5.97. The maximum Gasteiger partial charge on any atom is 0.156 e. The first kappa shape index (κ1) is 35.8. The van der Waals surface area contributed by atoms with Crippen LogP contribution in [-0.4, -0.2) is 0 Å². The zero-order chi connectivity index (χ0) is 41.0. The summed E-state index contributed by atoms with van der Waals surface area (Å²) >= 11 is 0. The maximum atomic E-state index is 7.68. The number of hydrogen-bond donors (Lipinski definition) is 0. The van der Waals surface area contributed by atoms with Gasteiger partial charge in [-0.05, 0) is 93.7 Å². The lowest BCUT2D eigenvalue weighted by Gasteiger charge is -2.42. The van der Waals surface area contributed by atoms with Crippen molar-refractivity contribution < 1.29 is 4.74 Å². The number of rotatable bonds is 7. The molecule has 10 aromatic rings. The number of nitrogens with zero attached hydrogens (tertiary/aromatic N) is 2. The Bertz CT molecular complexity index is 3200. The monoisotopic (exact) mass is 792 g/mol. The van der Waals surface area contributed by atoms with Crippen LogP contribution in [0.15, 0.2) is 243 Å². The Kier molecular flexibility index (Phi) is 8.39. The van der Waals surface area contributed by atoms with Crippen molar-refractivity contribution in [1.82, 2.24) is 0 Å². The molecule has 1 aliphatic carbocycles. The van der Waals surface area contributed by atoms with Crippen LogP contribution >= 0.6 is 0 Å². The van der Waals surface area contributed by atoms with Crippen LogP contribution in [0.2, 0.25) is 0 Å². The molecule has 292 valence electrons. The van der Waals surface area contributed by atoms with Gasteiger partial charge in [-0.1, -0.05) is 182 Å². The SMILES string of the molecule is c1ccc(N(c2ccc3ccccc3c2)c2ccccc2-c2cccc3c2Oc2c(N(c4ccccc4)c4ccccc4)cccc2C32c3ccccc3-c3ccccc32)cc1. The third-order valence-corrected chi connectivity index (χ3v) is 12.7. The number of ether oxygens (including phenoxy) is 1. The number of fused-ring (bicyclic) bond motifs is 10. The lowest BCUT2D eigenvalue weighted by molar-refractivity contribution is 0.439. The molecular formula is C59H40N2O. The second-order valence-corrected chi connectivity index (χ2v) is 16.0. The highest BCUT2D eigenvalue weighted by Crippen LogP contribution is 2.65. The van der Waals surface area contributed by atoms with E-state index in [1.165, 1.54) is 33.0 Å². The van der Waals surface area contributed by atoms with Crippen LogP contribution in [0.3, 0.4) is 0 Å². The van der Waals surface area contributed by atoms with Crippen LogP contribution in [0, 0.1) is 0 Å². The molecule has 1 spiro atoms. The zero-order valence-corrected chi connectivity index (χ0v) is 33.9. The van der Waals surface area contributed by atoms with Gasteiger partial charge < -0.3 is 14.5 Å². The van der Waals surface area contributed by atoms with Gasteiger partial charge in [0, 0.05) is 45.0 Å². The van der Waals surface area contributed by atoms with Crippen molar-refractivity contribution in [2.75, 3.05) is 9.80 Å². The largest absolute Gasteiger partial charge is 0.454 e. The summed E-state index contributed by atoms with van der Waals surface area (Å²) in [6.45, 7) is 0. The van der Waals surface area contributed by atoms with Crippen LogP contribution < -0.4 is 14.5 Å². The molecule has 0 amide bonds. The lowest BCUT2D eigenvalue weighted by Crippen LogP contribution is -2.33. The van der Waals surface area contributed by atoms with E-state index < -0.39 is 5.41 Å². The molecule has 0 saturated carbocycles. The molecule has 1 aliphatic heterocycles. The van der Waals surface area contributed by atoms with E-state index in [0.29, 0.717) is 0 Å². The van der Waals surface area contributed by atoms with Crippen molar-refractivity contribution >= 4 is 44.9 Å². The third-order valence-electron chi connectivity index (χ3n) is 12.7. The minimum atomic E-state index is -0.673. The van der Waals surface area contributed by atoms with E-state index in [9.17, 15) is 0 Å². The van der Waals surface area contributed by atoms with Crippen molar-refractivity contribution in [3.05, 3.63) is 265 Å². The molecular weight excluding hydrogens is 753 g/mol. The van der Waals surface area contributed by atoms with Crippen LogP contribution in [0.25, 0.3) is 33.0 Å². The van der Waals surface area contributed by atoms with E-state index in [1.54, 1.807) is 0 Å². The smallest absolute Gasteiger partial charge is 0.156 e. The molecule has 2 aliphatic rings. The first-order valence-electron chi connectivity index (χ1n) is 21.3. The summed E-state index contributed by atoms with van der Waals surface area (Å²) in [5.41, 5.74) is 14.9. The highest BCUT2D eigenvalue weighted by atomic mass is 16.5. The summed E-state index contributed by atoms with van der Waals surface area (Å²) in [5.74, 6) is 1.68. The molecule has 0 saturated heterocycles. The van der Waals surface area contributed by atoms with Crippen LogP contribution in [0.5, 0.6) is 11.5 Å². The molecule has 0 atom stereocenters. The van der Waals surface area contributed by atoms with Gasteiger partial charge >= 0.3 is 0 Å². The molecule has 0 bridgehead atoms. The van der Waals surface area contributed by atoms with Crippen LogP contribution in [0.1, 0.15) is 22.3 Å². The van der Waals surface area contributed by atoms with Crippen LogP contribution in [-0.2, 0) is 5.41 Å². The summed E-state index contributed by atoms with van der Waals surface area (Å²) < 4.78 is 7.68. The van der Waals surface area contributed by atoms with Gasteiger partial charge in [-0.25, -0.2) is 0 Å². The van der Waals surface area contributed by atoms with Gasteiger partial charge in [0.2, 0.25) is 0 Å². The van der Waals surface area contributed by atoms with E-state index in [4.69, 9.17) is 4.74 Å². The Morgan fingerprint density at radius 2 is 0.710 bits per heavy atom. The summed E-state index contributed by atoms with van der Waals surface area (Å²) in [5, 5.41) is 2.40. The molecule has 0 unspecified atom stereocenters. The minimum Gasteiger partial charge on any atom is -0.454 e. The molecule has 0 N–H and O–H groups in total. The summed E-state index contributed by atoms with van der Waals surface area (Å²) in [6.07, 6.45) is 0. The average molecular weight is 793 g/mol. The van der Waals surface area contributed by atoms with Crippen LogP contribution in [0.4, 0.5) is 34.1 Å². The summed E-state index contributed by atoms with van der Waals surface area (Å²) in [6, 6.07) is 87.4. The van der Waals surface area contributed by atoms with E-state index in [-0.39, 0.29) is 0 Å². The Morgan fingerprint density at radius 1 is 0.274 bits per heavy atom. The normalized spacial score (nSPS) is 12.8. The summed E-state index contributed by atoms with van der Waals surface area (Å²) in [7, 11) is 0. The second kappa shape index (κ2) is 14.5. The number of para-hydroxylation sites is 6. The van der Waals surface area contributed by atoms with Crippen molar-refractivity contribution in [1.29, 1.82) is 0 Å². The fraction of sp³-hybridized carbons (Fsp3) is 0.0169. The summed E-state index contributed by atoms with van der Waals surface area (Å²) in [4.78, 5) is 4.71. The van der Waals surface area contributed by atoms with Gasteiger partial charge in [-0.3, -0.25) is 0 Å². The molecule has 0 aromatic heterocycles. The molecule has 62 heavy (non-hydrogen) atoms. The van der Waals surface area contributed by atoms with E-state index in [0.717, 1.165) is 67.9 Å². The molecule has 3 nitrogen and oxygen atoms in total. The Hall–Kier alpha value is -8.14. The Morgan fingerprint density at radius 3 is 1.34 bits per heavy atom. The van der Waals surface area contributed by atoms with E-state index in [2.05, 4.69) is 252 Å². The Labute approximate surface area is 362 Å². The molecule has 3 heteroatoms. The average Bonchev–Trinajstić information content (AvgIpc) is 3.63. The van der Waals surface area contributed by atoms with Gasteiger partial charge in [-0.15, -0.1) is 0 Å². The fourth-order valence-electron chi connectivity index (χ4n) is 10.1. The molecule has 0 fully saturated rings. The lowest BCUT2D eigenvalue weighted by atomic mass is 9.65. The molecule has 12 rings (SSSR count). The highest BCUT2D eigenvalue weighted by Gasteiger charge is 2.52. The van der Waals surface area contributed by atoms with Crippen molar-refractivity contribution in [3.8, 4) is 33.8 Å². The predicted molar refractivity (Wildman–Crippen MR) is 256 cm³/mol. The first-order valence-corrected chi connectivity index (χ1v) is 21.3. The standard InChI is InChI=1S/C59H40N2O/c1-4-22-43(23-5-1)60(44-24-6-2-7-25-44)56-37-19-35-54-58(56)62-57-50(31-18-34-53(57)59(54)51-32-15-12-28-47(51)48-29-13-16-33-52(48)59)49-30-14-17-36-55(49)61(45-26-8-3-9-27-45)46-39-38-41-20-10-11-21-42(41)40-46/h1-40H. The topological polar surface area (TPSA) is 15.7 Å².